The molecule has 0 saturated carbocycles. The first kappa shape index (κ1) is 10.7. The summed E-state index contributed by atoms with van der Waals surface area (Å²) in [6, 6.07) is 1.63. The van der Waals surface area contributed by atoms with Gasteiger partial charge in [0.2, 0.25) is 0 Å². The van der Waals surface area contributed by atoms with Crippen LogP contribution in [-0.4, -0.2) is 11.5 Å². The molecule has 4 nitrogen and oxygen atoms in total. The number of rotatable bonds is 1. The second-order valence-corrected chi connectivity index (χ2v) is 3.33. The Morgan fingerprint density at radius 3 is 2.62 bits per heavy atom. The van der Waals surface area contributed by atoms with E-state index in [-0.39, 0.29) is 12.4 Å². The van der Waals surface area contributed by atoms with E-state index in [0.29, 0.717) is 18.1 Å². The van der Waals surface area contributed by atoms with Gasteiger partial charge in [0, 0.05) is 18.1 Å². The van der Waals surface area contributed by atoms with Gasteiger partial charge in [0.05, 0.1) is 11.5 Å². The van der Waals surface area contributed by atoms with Crippen molar-refractivity contribution in [3.05, 3.63) is 33.4 Å². The summed E-state index contributed by atoms with van der Waals surface area (Å²) in [6.45, 7) is 0.258. The molecule has 0 fully saturated rings. The van der Waals surface area contributed by atoms with Crippen LogP contribution < -0.4 is 4.74 Å². The quantitative estimate of drug-likeness (QED) is 0.553. The molecular weight excluding hydrogens is 227 g/mol. The van der Waals surface area contributed by atoms with Crippen molar-refractivity contribution in [3.63, 3.8) is 0 Å². The predicted octanol–water partition coefficient (Wildman–Crippen LogP) is 2.55. The second-order valence-electron chi connectivity index (χ2n) is 3.33. The maximum absolute atomic E-state index is 12.5. The minimum Gasteiger partial charge on any atom is -0.493 e. The van der Waals surface area contributed by atoms with Crippen LogP contribution in [0.5, 0.6) is 5.75 Å². The summed E-state index contributed by atoms with van der Waals surface area (Å²) >= 11 is 0. The predicted molar refractivity (Wildman–Crippen MR) is 47.3 cm³/mol. The molecule has 0 N–H and O–H groups in total. The fourth-order valence-electron chi connectivity index (χ4n) is 1.59. The summed E-state index contributed by atoms with van der Waals surface area (Å²) in [6.07, 6.45) is -4.35. The lowest BCUT2D eigenvalue weighted by molar-refractivity contribution is -0.388. The molecule has 0 aliphatic carbocycles. The monoisotopic (exact) mass is 233 g/mol. The molecule has 1 aromatic carbocycles. The van der Waals surface area contributed by atoms with Crippen molar-refractivity contribution < 1.29 is 22.8 Å². The van der Waals surface area contributed by atoms with E-state index >= 15 is 0 Å². The van der Waals surface area contributed by atoms with Crippen molar-refractivity contribution in [1.29, 1.82) is 0 Å². The molecule has 1 aromatic rings. The SMILES string of the molecule is O=[N+]([O-])c1cc2c(cc1C(F)(F)F)OCC2. The zero-order valence-corrected chi connectivity index (χ0v) is 7.87. The van der Waals surface area contributed by atoms with Crippen LogP contribution in [0.2, 0.25) is 0 Å². The summed E-state index contributed by atoms with van der Waals surface area (Å²) in [5.74, 6) is 0.0814. The first-order valence-electron chi connectivity index (χ1n) is 4.41. The van der Waals surface area contributed by atoms with E-state index in [0.717, 1.165) is 6.07 Å². The molecule has 16 heavy (non-hydrogen) atoms. The largest absolute Gasteiger partial charge is 0.493 e. The van der Waals surface area contributed by atoms with Crippen LogP contribution in [-0.2, 0) is 12.6 Å². The van der Waals surface area contributed by atoms with Crippen molar-refractivity contribution >= 4 is 5.69 Å². The van der Waals surface area contributed by atoms with Gasteiger partial charge in [-0.25, -0.2) is 0 Å². The van der Waals surface area contributed by atoms with E-state index in [2.05, 4.69) is 0 Å². The van der Waals surface area contributed by atoms with Crippen LogP contribution in [0.25, 0.3) is 0 Å². The Morgan fingerprint density at radius 2 is 2.06 bits per heavy atom. The molecule has 1 heterocycles. The summed E-state index contributed by atoms with van der Waals surface area (Å²) in [5, 5.41) is 10.5. The summed E-state index contributed by atoms with van der Waals surface area (Å²) in [7, 11) is 0. The van der Waals surface area contributed by atoms with Gasteiger partial charge >= 0.3 is 6.18 Å². The highest BCUT2D eigenvalue weighted by atomic mass is 19.4. The zero-order valence-electron chi connectivity index (χ0n) is 7.87. The minimum atomic E-state index is -4.75. The topological polar surface area (TPSA) is 52.4 Å². The number of fused-ring (bicyclic) bond motifs is 1. The summed E-state index contributed by atoms with van der Waals surface area (Å²) in [5.41, 5.74) is -1.74. The van der Waals surface area contributed by atoms with Gasteiger partial charge < -0.3 is 4.74 Å². The average molecular weight is 233 g/mol. The number of alkyl halides is 3. The number of benzene rings is 1. The number of nitrogens with zero attached hydrogens (tertiary/aromatic N) is 1. The van der Waals surface area contributed by atoms with Crippen LogP contribution >= 0.6 is 0 Å². The van der Waals surface area contributed by atoms with Crippen LogP contribution in [0.15, 0.2) is 12.1 Å². The van der Waals surface area contributed by atoms with Crippen LogP contribution in [0.4, 0.5) is 18.9 Å². The van der Waals surface area contributed by atoms with E-state index in [1.807, 2.05) is 0 Å². The first-order valence-corrected chi connectivity index (χ1v) is 4.41. The third-order valence-electron chi connectivity index (χ3n) is 2.31. The maximum atomic E-state index is 12.5. The smallest absolute Gasteiger partial charge is 0.423 e. The van der Waals surface area contributed by atoms with Gasteiger partial charge in [0.25, 0.3) is 5.69 Å². The van der Waals surface area contributed by atoms with Gasteiger partial charge in [-0.15, -0.1) is 0 Å². The number of hydrogen-bond donors (Lipinski definition) is 0. The Bertz CT molecular complexity index is 456. The van der Waals surface area contributed by atoms with E-state index < -0.39 is 22.4 Å². The molecule has 0 atom stereocenters. The minimum absolute atomic E-state index is 0.0814. The van der Waals surface area contributed by atoms with Gasteiger partial charge in [-0.2, -0.15) is 13.2 Å². The van der Waals surface area contributed by atoms with Crippen molar-refractivity contribution in [3.8, 4) is 5.75 Å². The van der Waals surface area contributed by atoms with Crippen molar-refractivity contribution in [1.82, 2.24) is 0 Å². The third-order valence-corrected chi connectivity index (χ3v) is 2.31. The number of nitro groups is 1. The zero-order chi connectivity index (χ0) is 11.9. The van der Waals surface area contributed by atoms with Crippen molar-refractivity contribution in [2.75, 3.05) is 6.61 Å². The molecule has 0 spiro atoms. The highest BCUT2D eigenvalue weighted by molar-refractivity contribution is 5.53. The number of halogens is 3. The molecule has 2 rings (SSSR count). The molecule has 7 heteroatoms. The number of nitro benzene ring substituents is 1. The molecule has 0 amide bonds. The Hall–Kier alpha value is -1.79. The van der Waals surface area contributed by atoms with Gasteiger partial charge in [-0.1, -0.05) is 0 Å². The third kappa shape index (κ3) is 1.68. The molecule has 0 saturated heterocycles. The first-order chi connectivity index (χ1) is 7.39. The Kier molecular flexibility index (Phi) is 2.25. The fourth-order valence-corrected chi connectivity index (χ4v) is 1.59. The van der Waals surface area contributed by atoms with Gasteiger partial charge in [0.1, 0.15) is 11.3 Å². The molecule has 86 valence electrons. The maximum Gasteiger partial charge on any atom is 0.423 e. The lowest BCUT2D eigenvalue weighted by Gasteiger charge is -2.09. The van der Waals surface area contributed by atoms with Crippen LogP contribution in [0.3, 0.4) is 0 Å². The normalized spacial score (nSPS) is 14.4. The Labute approximate surface area is 87.8 Å². The van der Waals surface area contributed by atoms with Gasteiger partial charge in [-0.05, 0) is 6.07 Å². The second kappa shape index (κ2) is 3.36. The van der Waals surface area contributed by atoms with Gasteiger partial charge in [0.15, 0.2) is 0 Å². The molecule has 0 bridgehead atoms. The lowest BCUT2D eigenvalue weighted by atomic mass is 10.1. The Morgan fingerprint density at radius 1 is 1.38 bits per heavy atom. The average Bonchev–Trinajstić information content (AvgIpc) is 2.60. The van der Waals surface area contributed by atoms with Crippen molar-refractivity contribution in [2.45, 2.75) is 12.6 Å². The summed E-state index contributed by atoms with van der Waals surface area (Å²) in [4.78, 5) is 9.51. The lowest BCUT2D eigenvalue weighted by Crippen LogP contribution is -2.09. The van der Waals surface area contributed by atoms with Crippen LogP contribution in [0.1, 0.15) is 11.1 Å². The van der Waals surface area contributed by atoms with E-state index in [1.54, 1.807) is 0 Å². The molecule has 1 aliphatic heterocycles. The van der Waals surface area contributed by atoms with E-state index in [1.165, 1.54) is 0 Å². The summed E-state index contributed by atoms with van der Waals surface area (Å²) < 4.78 is 42.5. The Balaban J connectivity index is 2.62. The fraction of sp³-hybridized carbons (Fsp3) is 0.333. The van der Waals surface area contributed by atoms with Crippen molar-refractivity contribution in [2.24, 2.45) is 0 Å². The van der Waals surface area contributed by atoms with Gasteiger partial charge in [-0.3, -0.25) is 10.1 Å². The molecule has 0 radical (unpaired) electrons. The number of hydrogen-bond acceptors (Lipinski definition) is 3. The molecule has 0 unspecified atom stereocenters. The molecule has 0 aromatic heterocycles. The number of ether oxygens (including phenoxy) is 1. The van der Waals surface area contributed by atoms with Crippen LogP contribution in [0, 0.1) is 10.1 Å². The van der Waals surface area contributed by atoms with E-state index in [9.17, 15) is 23.3 Å². The van der Waals surface area contributed by atoms with E-state index in [4.69, 9.17) is 4.74 Å². The molecular formula is C9H6F3NO3. The standard InChI is InChI=1S/C9H6F3NO3/c10-9(11,12)6-4-8-5(1-2-16-8)3-7(6)13(14)15/h3-4H,1-2H2. The highest BCUT2D eigenvalue weighted by Crippen LogP contribution is 2.41. The highest BCUT2D eigenvalue weighted by Gasteiger charge is 2.40. The molecule has 1 aliphatic rings.